The van der Waals surface area contributed by atoms with Gasteiger partial charge in [0.05, 0.1) is 5.92 Å². The number of hydrogen-bond donors (Lipinski definition) is 2. The van der Waals surface area contributed by atoms with Crippen LogP contribution >= 0.6 is 0 Å². The highest BCUT2D eigenvalue weighted by atomic mass is 16.4. The molecule has 0 saturated heterocycles. The summed E-state index contributed by atoms with van der Waals surface area (Å²) in [6, 6.07) is 8.38. The minimum absolute atomic E-state index is 0.0861. The van der Waals surface area contributed by atoms with E-state index >= 15 is 0 Å². The van der Waals surface area contributed by atoms with Crippen LogP contribution in [0.4, 0.5) is 5.69 Å². The molecule has 1 aromatic rings. The number of carboxylic acids is 1. The fourth-order valence-electron chi connectivity index (χ4n) is 2.25. The summed E-state index contributed by atoms with van der Waals surface area (Å²) in [6.07, 6.45) is 1.73. The molecule has 0 aliphatic heterocycles. The topological polar surface area (TPSA) is 49.3 Å². The van der Waals surface area contributed by atoms with Crippen molar-refractivity contribution in [1.29, 1.82) is 0 Å². The summed E-state index contributed by atoms with van der Waals surface area (Å²) >= 11 is 0. The predicted molar refractivity (Wildman–Crippen MR) is 72.9 cm³/mol. The van der Waals surface area contributed by atoms with Crippen molar-refractivity contribution in [2.24, 2.45) is 5.92 Å². The molecule has 0 spiro atoms. The zero-order valence-corrected chi connectivity index (χ0v) is 11.2. The molecule has 0 bridgehead atoms. The minimum Gasteiger partial charge on any atom is -0.481 e. The smallest absolute Gasteiger partial charge is 0.308 e. The third-order valence-corrected chi connectivity index (χ3v) is 3.69. The van der Waals surface area contributed by atoms with Gasteiger partial charge in [0.2, 0.25) is 0 Å². The second-order valence-electron chi connectivity index (χ2n) is 6.10. The number of carbonyl (C=O) groups is 1. The van der Waals surface area contributed by atoms with E-state index in [4.69, 9.17) is 5.11 Å². The number of benzene rings is 1. The highest BCUT2D eigenvalue weighted by molar-refractivity contribution is 5.73. The Labute approximate surface area is 108 Å². The maximum absolute atomic E-state index is 10.9. The molecule has 1 aliphatic rings. The summed E-state index contributed by atoms with van der Waals surface area (Å²) in [5, 5.41) is 12.3. The summed E-state index contributed by atoms with van der Waals surface area (Å²) in [4.78, 5) is 10.9. The maximum atomic E-state index is 10.9. The Balaban J connectivity index is 2.01. The van der Waals surface area contributed by atoms with Crippen molar-refractivity contribution in [2.45, 2.75) is 45.1 Å². The van der Waals surface area contributed by atoms with Gasteiger partial charge in [-0.2, -0.15) is 0 Å². The number of carboxylic acid groups (broad SMARTS) is 1. The average molecular weight is 247 g/mol. The van der Waals surface area contributed by atoms with Crippen molar-refractivity contribution >= 4 is 11.7 Å². The molecule has 3 nitrogen and oxygen atoms in total. The molecule has 3 heteroatoms. The first-order chi connectivity index (χ1) is 8.38. The molecule has 0 radical (unpaired) electrons. The van der Waals surface area contributed by atoms with Crippen LogP contribution in [0.3, 0.4) is 0 Å². The number of rotatable bonds is 3. The van der Waals surface area contributed by atoms with Crippen LogP contribution in [0.15, 0.2) is 24.3 Å². The largest absolute Gasteiger partial charge is 0.481 e. The summed E-state index contributed by atoms with van der Waals surface area (Å²) in [5.41, 5.74) is 2.45. The monoisotopic (exact) mass is 247 g/mol. The number of hydrogen-bond acceptors (Lipinski definition) is 2. The van der Waals surface area contributed by atoms with Crippen LogP contribution in [0.5, 0.6) is 0 Å². The lowest BCUT2D eigenvalue weighted by Gasteiger charge is -2.34. The molecule has 0 aromatic heterocycles. The third kappa shape index (κ3) is 2.66. The van der Waals surface area contributed by atoms with E-state index in [2.05, 4.69) is 38.2 Å². The SMILES string of the molecule is CC(C)(C)c1ccc(NC2CCC2C(=O)O)cc1. The first kappa shape index (κ1) is 12.9. The zero-order chi connectivity index (χ0) is 13.3. The molecule has 98 valence electrons. The van der Waals surface area contributed by atoms with Crippen LogP contribution in [-0.2, 0) is 10.2 Å². The molecule has 2 N–H and O–H groups in total. The molecule has 0 amide bonds. The Morgan fingerprint density at radius 2 is 1.83 bits per heavy atom. The third-order valence-electron chi connectivity index (χ3n) is 3.69. The van der Waals surface area contributed by atoms with E-state index in [0.29, 0.717) is 0 Å². The molecular formula is C15H21NO2. The van der Waals surface area contributed by atoms with Gasteiger partial charge in [0, 0.05) is 11.7 Å². The second kappa shape index (κ2) is 4.63. The van der Waals surface area contributed by atoms with E-state index in [1.165, 1.54) is 5.56 Å². The molecule has 1 aromatic carbocycles. The molecule has 2 atom stereocenters. The highest BCUT2D eigenvalue weighted by Crippen LogP contribution is 2.31. The summed E-state index contributed by atoms with van der Waals surface area (Å²) < 4.78 is 0. The van der Waals surface area contributed by atoms with E-state index in [-0.39, 0.29) is 17.4 Å². The Morgan fingerprint density at radius 3 is 2.22 bits per heavy atom. The van der Waals surface area contributed by atoms with Gasteiger partial charge in [-0.15, -0.1) is 0 Å². The van der Waals surface area contributed by atoms with Crippen molar-refractivity contribution in [1.82, 2.24) is 0 Å². The van der Waals surface area contributed by atoms with Gasteiger partial charge < -0.3 is 10.4 Å². The van der Waals surface area contributed by atoms with Gasteiger partial charge in [-0.1, -0.05) is 32.9 Å². The molecular weight excluding hydrogens is 226 g/mol. The Bertz CT molecular complexity index is 431. The van der Waals surface area contributed by atoms with Gasteiger partial charge in [0.15, 0.2) is 0 Å². The summed E-state index contributed by atoms with van der Waals surface area (Å²) in [6.45, 7) is 6.55. The van der Waals surface area contributed by atoms with Gasteiger partial charge >= 0.3 is 5.97 Å². The lowest BCUT2D eigenvalue weighted by molar-refractivity contribution is -0.144. The van der Waals surface area contributed by atoms with E-state index in [1.54, 1.807) is 0 Å². The molecule has 18 heavy (non-hydrogen) atoms. The summed E-state index contributed by atoms with van der Waals surface area (Å²) in [7, 11) is 0. The van der Waals surface area contributed by atoms with Crippen molar-refractivity contribution in [3.63, 3.8) is 0 Å². The summed E-state index contributed by atoms with van der Waals surface area (Å²) in [5.74, 6) is -0.919. The maximum Gasteiger partial charge on any atom is 0.308 e. The minimum atomic E-state index is -0.690. The van der Waals surface area contributed by atoms with Gasteiger partial charge in [-0.25, -0.2) is 0 Å². The number of anilines is 1. The Hall–Kier alpha value is -1.51. The van der Waals surface area contributed by atoms with Crippen molar-refractivity contribution in [3.05, 3.63) is 29.8 Å². The quantitative estimate of drug-likeness (QED) is 0.862. The van der Waals surface area contributed by atoms with E-state index < -0.39 is 5.97 Å². The van der Waals surface area contributed by atoms with Crippen LogP contribution in [0.1, 0.15) is 39.2 Å². The first-order valence-electron chi connectivity index (χ1n) is 6.48. The fourth-order valence-corrected chi connectivity index (χ4v) is 2.25. The first-order valence-corrected chi connectivity index (χ1v) is 6.48. The molecule has 1 aliphatic carbocycles. The van der Waals surface area contributed by atoms with E-state index in [1.807, 2.05) is 12.1 Å². The van der Waals surface area contributed by atoms with Gasteiger partial charge in [-0.05, 0) is 36.0 Å². The normalized spacial score (nSPS) is 23.3. The number of nitrogens with one attached hydrogen (secondary N) is 1. The van der Waals surface area contributed by atoms with Crippen LogP contribution in [0.2, 0.25) is 0 Å². The van der Waals surface area contributed by atoms with E-state index in [0.717, 1.165) is 18.5 Å². The zero-order valence-electron chi connectivity index (χ0n) is 11.2. The lowest BCUT2D eigenvalue weighted by atomic mass is 9.79. The van der Waals surface area contributed by atoms with Gasteiger partial charge in [-0.3, -0.25) is 4.79 Å². The van der Waals surface area contributed by atoms with E-state index in [9.17, 15) is 4.79 Å². The van der Waals surface area contributed by atoms with Gasteiger partial charge in [0.1, 0.15) is 0 Å². The van der Waals surface area contributed by atoms with Crippen molar-refractivity contribution in [3.8, 4) is 0 Å². The molecule has 0 heterocycles. The number of aliphatic carboxylic acids is 1. The Morgan fingerprint density at radius 1 is 1.22 bits per heavy atom. The van der Waals surface area contributed by atoms with Gasteiger partial charge in [0.25, 0.3) is 0 Å². The van der Waals surface area contributed by atoms with Crippen LogP contribution < -0.4 is 5.32 Å². The standard InChI is InChI=1S/C15H21NO2/c1-15(2,3)10-4-6-11(7-5-10)16-13-9-8-12(13)14(17)18/h4-7,12-13,16H,8-9H2,1-3H3,(H,17,18). The average Bonchev–Trinajstić information content (AvgIpc) is 2.23. The predicted octanol–water partition coefficient (Wildman–Crippen LogP) is 3.26. The van der Waals surface area contributed by atoms with Crippen molar-refractivity contribution in [2.75, 3.05) is 5.32 Å². The molecule has 2 rings (SSSR count). The lowest BCUT2D eigenvalue weighted by Crippen LogP contribution is -2.42. The van der Waals surface area contributed by atoms with Crippen molar-refractivity contribution < 1.29 is 9.90 Å². The Kier molecular flexibility index (Phi) is 3.33. The van der Waals surface area contributed by atoms with Crippen LogP contribution in [0, 0.1) is 5.92 Å². The van der Waals surface area contributed by atoms with Crippen LogP contribution in [-0.4, -0.2) is 17.1 Å². The van der Waals surface area contributed by atoms with Crippen LogP contribution in [0.25, 0.3) is 0 Å². The molecule has 1 saturated carbocycles. The molecule has 2 unspecified atom stereocenters. The highest BCUT2D eigenvalue weighted by Gasteiger charge is 2.36. The second-order valence-corrected chi connectivity index (χ2v) is 6.10. The molecule has 1 fully saturated rings. The fraction of sp³-hybridized carbons (Fsp3) is 0.533.